The van der Waals surface area contributed by atoms with Crippen LogP contribution in [0.15, 0.2) is 36.5 Å². The van der Waals surface area contributed by atoms with E-state index in [1.165, 1.54) is 12.3 Å². The first kappa shape index (κ1) is 13.1. The van der Waals surface area contributed by atoms with Crippen LogP contribution in [0.25, 0.3) is 0 Å². The number of nitrogens with one attached hydrogen (secondary N) is 1. The van der Waals surface area contributed by atoms with Crippen LogP contribution < -0.4 is 5.32 Å². The van der Waals surface area contributed by atoms with E-state index in [4.69, 9.17) is 16.9 Å². The van der Waals surface area contributed by atoms with Gasteiger partial charge in [-0.25, -0.2) is 4.98 Å². The number of aromatic nitrogens is 1. The second kappa shape index (κ2) is 5.51. The van der Waals surface area contributed by atoms with Crippen molar-refractivity contribution in [3.8, 4) is 6.07 Å². The van der Waals surface area contributed by atoms with Crippen LogP contribution in [-0.4, -0.2) is 10.9 Å². The summed E-state index contributed by atoms with van der Waals surface area (Å²) in [5.74, 6) is -0.329. The van der Waals surface area contributed by atoms with Gasteiger partial charge in [-0.2, -0.15) is 5.26 Å². The number of hydrogen-bond donors (Lipinski definition) is 1. The fourth-order valence-corrected chi connectivity index (χ4v) is 1.68. The van der Waals surface area contributed by atoms with Crippen LogP contribution in [0.5, 0.6) is 0 Å². The quantitative estimate of drug-likeness (QED) is 0.853. The maximum Gasteiger partial charge on any atom is 0.257 e. The lowest BCUT2D eigenvalue weighted by atomic mass is 10.1. The second-order valence-corrected chi connectivity index (χ2v) is 4.37. The van der Waals surface area contributed by atoms with Gasteiger partial charge in [-0.05, 0) is 36.8 Å². The van der Waals surface area contributed by atoms with Gasteiger partial charge in [-0.1, -0.05) is 17.7 Å². The van der Waals surface area contributed by atoms with Crippen LogP contribution in [0, 0.1) is 18.3 Å². The van der Waals surface area contributed by atoms with E-state index >= 15 is 0 Å². The van der Waals surface area contributed by atoms with Crippen LogP contribution in [0.2, 0.25) is 5.15 Å². The average Bonchev–Trinajstić information content (AvgIpc) is 2.41. The number of amides is 1. The number of carbonyl (C=O) groups is 1. The van der Waals surface area contributed by atoms with Gasteiger partial charge in [-0.15, -0.1) is 0 Å². The van der Waals surface area contributed by atoms with Crippen LogP contribution >= 0.6 is 11.6 Å². The van der Waals surface area contributed by atoms with Gasteiger partial charge in [0.25, 0.3) is 5.91 Å². The zero-order valence-corrected chi connectivity index (χ0v) is 10.9. The Bertz CT molecular complexity index is 659. The van der Waals surface area contributed by atoms with Gasteiger partial charge in [0.1, 0.15) is 11.2 Å². The molecule has 1 N–H and O–H groups in total. The molecular formula is C14H10ClN3O. The van der Waals surface area contributed by atoms with Crippen molar-refractivity contribution in [2.45, 2.75) is 6.92 Å². The molecule has 0 saturated heterocycles. The average molecular weight is 272 g/mol. The topological polar surface area (TPSA) is 65.8 Å². The molecule has 19 heavy (non-hydrogen) atoms. The van der Waals surface area contributed by atoms with Crippen molar-refractivity contribution in [3.05, 3.63) is 58.4 Å². The molecule has 1 amide bonds. The lowest BCUT2D eigenvalue weighted by molar-refractivity contribution is 0.102. The number of aryl methyl sites for hydroxylation is 1. The Kier molecular flexibility index (Phi) is 3.79. The maximum absolute atomic E-state index is 12.0. The molecule has 5 heteroatoms. The first-order chi connectivity index (χ1) is 9.10. The maximum atomic E-state index is 12.0. The standard InChI is InChI=1S/C14H10ClN3O/c1-9-2-4-12(11(6-9)7-16)18-14(19)10-3-5-13(15)17-8-10/h2-6,8H,1H3,(H,18,19). The summed E-state index contributed by atoms with van der Waals surface area (Å²) in [5.41, 5.74) is 2.25. The lowest BCUT2D eigenvalue weighted by Gasteiger charge is -2.07. The second-order valence-electron chi connectivity index (χ2n) is 3.98. The van der Waals surface area contributed by atoms with E-state index in [1.807, 2.05) is 13.0 Å². The molecule has 0 atom stereocenters. The number of nitrogens with zero attached hydrogens (tertiary/aromatic N) is 2. The van der Waals surface area contributed by atoms with E-state index in [9.17, 15) is 4.79 Å². The molecule has 1 aromatic carbocycles. The largest absolute Gasteiger partial charge is 0.321 e. The minimum Gasteiger partial charge on any atom is -0.321 e. The third-order valence-corrected chi connectivity index (χ3v) is 2.76. The van der Waals surface area contributed by atoms with E-state index in [0.29, 0.717) is 22.0 Å². The molecule has 94 valence electrons. The fraction of sp³-hybridized carbons (Fsp3) is 0.0714. The first-order valence-corrected chi connectivity index (χ1v) is 5.91. The van der Waals surface area contributed by atoms with Gasteiger partial charge >= 0.3 is 0 Å². The molecule has 0 unspecified atom stereocenters. The van der Waals surface area contributed by atoms with Gasteiger partial charge in [0, 0.05) is 6.20 Å². The van der Waals surface area contributed by atoms with Crippen LogP contribution in [0.1, 0.15) is 21.5 Å². The summed E-state index contributed by atoms with van der Waals surface area (Å²) in [6.07, 6.45) is 1.39. The third kappa shape index (κ3) is 3.09. The predicted molar refractivity (Wildman–Crippen MR) is 73.1 cm³/mol. The first-order valence-electron chi connectivity index (χ1n) is 5.54. The highest BCUT2D eigenvalue weighted by atomic mass is 35.5. The Hall–Kier alpha value is -2.38. The zero-order chi connectivity index (χ0) is 13.8. The monoisotopic (exact) mass is 271 g/mol. The van der Waals surface area contributed by atoms with Crippen LogP contribution in [0.3, 0.4) is 0 Å². The highest BCUT2D eigenvalue weighted by Gasteiger charge is 2.09. The molecule has 2 aromatic rings. The molecule has 0 spiro atoms. The van der Waals surface area contributed by atoms with E-state index in [2.05, 4.69) is 16.4 Å². The van der Waals surface area contributed by atoms with Gasteiger partial charge in [-0.3, -0.25) is 4.79 Å². The van der Waals surface area contributed by atoms with Crippen molar-refractivity contribution < 1.29 is 4.79 Å². The predicted octanol–water partition coefficient (Wildman–Crippen LogP) is 3.17. The Morgan fingerprint density at radius 2 is 2.16 bits per heavy atom. The van der Waals surface area contributed by atoms with E-state index in [0.717, 1.165) is 5.56 Å². The number of carbonyl (C=O) groups excluding carboxylic acids is 1. The van der Waals surface area contributed by atoms with Crippen molar-refractivity contribution in [1.82, 2.24) is 4.98 Å². The lowest BCUT2D eigenvalue weighted by Crippen LogP contribution is -2.13. The molecule has 1 aromatic heterocycles. The summed E-state index contributed by atoms with van der Waals surface area (Å²) in [6, 6.07) is 10.4. The Morgan fingerprint density at radius 3 is 2.79 bits per heavy atom. The zero-order valence-electron chi connectivity index (χ0n) is 10.1. The number of hydrogen-bond acceptors (Lipinski definition) is 3. The molecule has 4 nitrogen and oxygen atoms in total. The number of rotatable bonds is 2. The van der Waals surface area contributed by atoms with Crippen molar-refractivity contribution in [2.75, 3.05) is 5.32 Å². The molecule has 0 aliphatic rings. The highest BCUT2D eigenvalue weighted by molar-refractivity contribution is 6.29. The third-order valence-electron chi connectivity index (χ3n) is 2.53. The minimum absolute atomic E-state index is 0.324. The van der Waals surface area contributed by atoms with Crippen LogP contribution in [-0.2, 0) is 0 Å². The van der Waals surface area contributed by atoms with Gasteiger partial charge in [0.2, 0.25) is 0 Å². The molecule has 0 aliphatic heterocycles. The molecule has 0 saturated carbocycles. The van der Waals surface area contributed by atoms with Gasteiger partial charge in [0.05, 0.1) is 16.8 Å². The molecule has 0 aliphatic carbocycles. The van der Waals surface area contributed by atoms with Gasteiger partial charge < -0.3 is 5.32 Å². The summed E-state index contributed by atoms with van der Waals surface area (Å²) < 4.78 is 0. The summed E-state index contributed by atoms with van der Waals surface area (Å²) in [6.45, 7) is 1.88. The van der Waals surface area contributed by atoms with Crippen molar-refractivity contribution in [3.63, 3.8) is 0 Å². The van der Waals surface area contributed by atoms with Crippen LogP contribution in [0.4, 0.5) is 5.69 Å². The highest BCUT2D eigenvalue weighted by Crippen LogP contribution is 2.17. The van der Waals surface area contributed by atoms with E-state index in [1.54, 1.807) is 18.2 Å². The van der Waals surface area contributed by atoms with E-state index < -0.39 is 0 Å². The van der Waals surface area contributed by atoms with Crippen molar-refractivity contribution >= 4 is 23.2 Å². The number of pyridine rings is 1. The smallest absolute Gasteiger partial charge is 0.257 e. The summed E-state index contributed by atoms with van der Waals surface area (Å²) in [7, 11) is 0. The van der Waals surface area contributed by atoms with E-state index in [-0.39, 0.29) is 5.91 Å². The molecule has 0 bridgehead atoms. The molecule has 2 rings (SSSR count). The van der Waals surface area contributed by atoms with Gasteiger partial charge in [0.15, 0.2) is 0 Å². The Balaban J connectivity index is 2.24. The summed E-state index contributed by atoms with van der Waals surface area (Å²) in [4.78, 5) is 15.8. The number of benzene rings is 1. The van der Waals surface area contributed by atoms with Crippen molar-refractivity contribution in [2.24, 2.45) is 0 Å². The minimum atomic E-state index is -0.329. The summed E-state index contributed by atoms with van der Waals surface area (Å²) >= 11 is 5.66. The number of halogens is 1. The van der Waals surface area contributed by atoms with Crippen molar-refractivity contribution in [1.29, 1.82) is 5.26 Å². The summed E-state index contributed by atoms with van der Waals surface area (Å²) in [5, 5.41) is 12.0. The molecular weight excluding hydrogens is 262 g/mol. The Morgan fingerprint density at radius 1 is 1.37 bits per heavy atom. The molecule has 0 fully saturated rings. The molecule has 0 radical (unpaired) electrons. The SMILES string of the molecule is Cc1ccc(NC(=O)c2ccc(Cl)nc2)c(C#N)c1. The fourth-order valence-electron chi connectivity index (χ4n) is 1.56. The number of nitriles is 1. The molecule has 1 heterocycles. The normalized spacial score (nSPS) is 9.74. The number of anilines is 1. The Labute approximate surface area is 115 Å².